The second-order valence-corrected chi connectivity index (χ2v) is 6.08. The van der Waals surface area contributed by atoms with Crippen molar-refractivity contribution in [1.82, 2.24) is 4.57 Å². The van der Waals surface area contributed by atoms with E-state index in [9.17, 15) is 18.0 Å². The Hall–Kier alpha value is -2.47. The van der Waals surface area contributed by atoms with Crippen molar-refractivity contribution in [3.8, 4) is 0 Å². The number of fused-ring (bicyclic) bond motifs is 1. The summed E-state index contributed by atoms with van der Waals surface area (Å²) in [6.07, 6.45) is -4.50. The number of halogens is 4. The number of aryl methyl sites for hydroxylation is 1. The third-order valence-corrected chi connectivity index (χ3v) is 4.22. The Morgan fingerprint density at radius 1 is 1.16 bits per heavy atom. The summed E-state index contributed by atoms with van der Waals surface area (Å²) in [6.45, 7) is 1.84. The third-order valence-electron chi connectivity index (χ3n) is 3.89. The first-order valence-electron chi connectivity index (χ1n) is 7.47. The van der Waals surface area contributed by atoms with Crippen LogP contribution >= 0.6 is 11.6 Å². The van der Waals surface area contributed by atoms with Gasteiger partial charge in [-0.05, 0) is 42.6 Å². The maximum atomic E-state index is 12.8. The van der Waals surface area contributed by atoms with Crippen LogP contribution in [0.15, 0.2) is 48.5 Å². The van der Waals surface area contributed by atoms with Crippen LogP contribution in [-0.4, -0.2) is 10.5 Å². The summed E-state index contributed by atoms with van der Waals surface area (Å²) in [5, 5.41) is 3.50. The van der Waals surface area contributed by atoms with E-state index in [2.05, 4.69) is 5.32 Å². The molecule has 3 rings (SSSR count). The highest BCUT2D eigenvalue weighted by molar-refractivity contribution is 6.33. The number of carbonyl (C=O) groups is 1. The van der Waals surface area contributed by atoms with Crippen molar-refractivity contribution in [3.05, 3.63) is 64.8 Å². The lowest BCUT2D eigenvalue weighted by Crippen LogP contribution is -2.20. The number of para-hydroxylation sites is 1. The van der Waals surface area contributed by atoms with Crippen molar-refractivity contribution in [3.63, 3.8) is 0 Å². The second-order valence-electron chi connectivity index (χ2n) is 5.67. The van der Waals surface area contributed by atoms with Gasteiger partial charge in [-0.1, -0.05) is 29.8 Å². The fourth-order valence-corrected chi connectivity index (χ4v) is 2.85. The van der Waals surface area contributed by atoms with Crippen LogP contribution in [0.25, 0.3) is 10.9 Å². The Morgan fingerprint density at radius 2 is 1.88 bits per heavy atom. The first-order valence-corrected chi connectivity index (χ1v) is 7.85. The van der Waals surface area contributed by atoms with Crippen molar-refractivity contribution in [2.24, 2.45) is 0 Å². The quantitative estimate of drug-likeness (QED) is 0.674. The number of alkyl halides is 3. The molecule has 7 heteroatoms. The number of rotatable bonds is 3. The van der Waals surface area contributed by atoms with Crippen LogP contribution in [0.5, 0.6) is 0 Å². The normalized spacial score (nSPS) is 11.7. The molecule has 130 valence electrons. The molecular formula is C18H14ClF3N2O. The van der Waals surface area contributed by atoms with E-state index in [0.717, 1.165) is 34.8 Å². The van der Waals surface area contributed by atoms with Crippen LogP contribution in [0, 0.1) is 6.92 Å². The van der Waals surface area contributed by atoms with Crippen LogP contribution in [0.3, 0.4) is 0 Å². The Labute approximate surface area is 147 Å². The van der Waals surface area contributed by atoms with Gasteiger partial charge >= 0.3 is 6.18 Å². The molecule has 0 unspecified atom stereocenters. The van der Waals surface area contributed by atoms with Crippen LogP contribution < -0.4 is 5.32 Å². The molecule has 3 aromatic rings. The second kappa shape index (κ2) is 6.44. The van der Waals surface area contributed by atoms with Gasteiger partial charge in [-0.2, -0.15) is 13.2 Å². The largest absolute Gasteiger partial charge is 0.416 e. The fourth-order valence-electron chi connectivity index (χ4n) is 2.69. The zero-order valence-corrected chi connectivity index (χ0v) is 13.9. The first kappa shape index (κ1) is 17.4. The van der Waals surface area contributed by atoms with Crippen molar-refractivity contribution in [2.75, 3.05) is 5.32 Å². The summed E-state index contributed by atoms with van der Waals surface area (Å²) in [4.78, 5) is 12.3. The standard InChI is InChI=1S/C18H14ClF3N2O/c1-11-8-12-4-2-3-5-16(12)24(11)10-17(25)23-15-9-13(18(20,21)22)6-7-14(15)19/h2-9H,10H2,1H3,(H,23,25). The summed E-state index contributed by atoms with van der Waals surface area (Å²) in [6, 6.07) is 12.3. The molecule has 0 atom stereocenters. The van der Waals surface area contributed by atoms with E-state index in [1.54, 1.807) is 4.57 Å². The molecule has 2 aromatic carbocycles. The highest BCUT2D eigenvalue weighted by Gasteiger charge is 2.31. The molecule has 0 aliphatic carbocycles. The van der Waals surface area contributed by atoms with Gasteiger partial charge in [0, 0.05) is 11.2 Å². The SMILES string of the molecule is Cc1cc2ccccc2n1CC(=O)Nc1cc(C(F)(F)F)ccc1Cl. The van der Waals surface area contributed by atoms with E-state index >= 15 is 0 Å². The van der Waals surface area contributed by atoms with Crippen molar-refractivity contribution in [2.45, 2.75) is 19.6 Å². The number of anilines is 1. The molecule has 3 nitrogen and oxygen atoms in total. The van der Waals surface area contributed by atoms with E-state index in [4.69, 9.17) is 11.6 Å². The topological polar surface area (TPSA) is 34.0 Å². The van der Waals surface area contributed by atoms with Crippen LogP contribution in [0.1, 0.15) is 11.3 Å². The van der Waals surface area contributed by atoms with Gasteiger partial charge in [0.15, 0.2) is 0 Å². The average Bonchev–Trinajstić information content (AvgIpc) is 2.84. The van der Waals surface area contributed by atoms with Crippen LogP contribution in [0.2, 0.25) is 5.02 Å². The predicted molar refractivity (Wildman–Crippen MR) is 91.8 cm³/mol. The number of benzene rings is 2. The molecule has 0 fully saturated rings. The highest BCUT2D eigenvalue weighted by atomic mass is 35.5. The molecule has 0 radical (unpaired) electrons. The maximum Gasteiger partial charge on any atom is 0.416 e. The predicted octanol–water partition coefficient (Wildman–Crippen LogP) is 5.26. The Kier molecular flexibility index (Phi) is 4.47. The van der Waals surface area contributed by atoms with Crippen LogP contribution in [-0.2, 0) is 17.5 Å². The van der Waals surface area contributed by atoms with E-state index in [1.165, 1.54) is 0 Å². The Morgan fingerprint density at radius 3 is 2.60 bits per heavy atom. The lowest BCUT2D eigenvalue weighted by Gasteiger charge is -2.13. The van der Waals surface area contributed by atoms with Crippen LogP contribution in [0.4, 0.5) is 18.9 Å². The molecule has 1 N–H and O–H groups in total. The van der Waals surface area contributed by atoms with Gasteiger partial charge in [0.1, 0.15) is 6.54 Å². The molecular weight excluding hydrogens is 353 g/mol. The Bertz CT molecular complexity index is 947. The number of aromatic nitrogens is 1. The maximum absolute atomic E-state index is 12.8. The van der Waals surface area contributed by atoms with Gasteiger partial charge < -0.3 is 9.88 Å². The zero-order valence-electron chi connectivity index (χ0n) is 13.2. The fraction of sp³-hybridized carbons (Fsp3) is 0.167. The molecule has 0 aliphatic heterocycles. The van der Waals surface area contributed by atoms with E-state index in [0.29, 0.717) is 0 Å². The van der Waals surface area contributed by atoms with Gasteiger partial charge in [0.2, 0.25) is 5.91 Å². The summed E-state index contributed by atoms with van der Waals surface area (Å²) in [5.41, 5.74) is 0.835. The van der Waals surface area contributed by atoms with E-state index in [1.807, 2.05) is 37.3 Å². The molecule has 0 aliphatic rings. The Balaban J connectivity index is 1.84. The smallest absolute Gasteiger partial charge is 0.335 e. The molecule has 1 amide bonds. The van der Waals surface area contributed by atoms with Crippen molar-refractivity contribution >= 4 is 34.1 Å². The summed E-state index contributed by atoms with van der Waals surface area (Å²) in [7, 11) is 0. The summed E-state index contributed by atoms with van der Waals surface area (Å²) in [5.74, 6) is -0.453. The van der Waals surface area contributed by atoms with E-state index < -0.39 is 17.6 Å². The highest BCUT2D eigenvalue weighted by Crippen LogP contribution is 2.33. The molecule has 0 saturated carbocycles. The molecule has 0 spiro atoms. The lowest BCUT2D eigenvalue weighted by atomic mass is 10.2. The molecule has 25 heavy (non-hydrogen) atoms. The van der Waals surface area contributed by atoms with Gasteiger partial charge in [-0.25, -0.2) is 0 Å². The number of carbonyl (C=O) groups excluding carboxylic acids is 1. The number of nitrogens with one attached hydrogen (secondary N) is 1. The number of hydrogen-bond donors (Lipinski definition) is 1. The monoisotopic (exact) mass is 366 g/mol. The molecule has 0 bridgehead atoms. The summed E-state index contributed by atoms with van der Waals surface area (Å²) < 4.78 is 40.2. The van der Waals surface area contributed by atoms with Gasteiger partial charge in [0.05, 0.1) is 16.3 Å². The zero-order chi connectivity index (χ0) is 18.2. The van der Waals surface area contributed by atoms with Gasteiger partial charge in [-0.15, -0.1) is 0 Å². The minimum atomic E-state index is -4.50. The van der Waals surface area contributed by atoms with Crippen molar-refractivity contribution < 1.29 is 18.0 Å². The third kappa shape index (κ3) is 3.64. The summed E-state index contributed by atoms with van der Waals surface area (Å²) >= 11 is 5.91. The minimum absolute atomic E-state index is 0.0219. The molecule has 1 heterocycles. The number of amides is 1. The number of nitrogens with zero attached hydrogens (tertiary/aromatic N) is 1. The van der Waals surface area contributed by atoms with Crippen molar-refractivity contribution in [1.29, 1.82) is 0 Å². The van der Waals surface area contributed by atoms with Gasteiger partial charge in [-0.3, -0.25) is 4.79 Å². The molecule has 0 saturated heterocycles. The van der Waals surface area contributed by atoms with E-state index in [-0.39, 0.29) is 17.3 Å². The lowest BCUT2D eigenvalue weighted by molar-refractivity contribution is -0.137. The molecule has 1 aromatic heterocycles. The average molecular weight is 367 g/mol. The van der Waals surface area contributed by atoms with Gasteiger partial charge in [0.25, 0.3) is 0 Å². The number of hydrogen-bond acceptors (Lipinski definition) is 1. The minimum Gasteiger partial charge on any atom is -0.335 e. The first-order chi connectivity index (χ1) is 11.8.